The molecule has 1 N–H and O–H groups in total. The van der Waals surface area contributed by atoms with Crippen LogP contribution < -0.4 is 10.1 Å². The third-order valence-corrected chi connectivity index (χ3v) is 2.90. The first-order valence-corrected chi connectivity index (χ1v) is 6.10. The molecule has 0 saturated carbocycles. The molecule has 0 heterocycles. The molecule has 0 bridgehead atoms. The van der Waals surface area contributed by atoms with E-state index in [1.54, 1.807) is 7.11 Å². The number of methoxy groups -OCH3 is 1. The molecule has 1 aromatic carbocycles. The van der Waals surface area contributed by atoms with Crippen molar-refractivity contribution in [3.63, 3.8) is 0 Å². The van der Waals surface area contributed by atoms with E-state index in [4.69, 9.17) is 4.74 Å². The Morgan fingerprint density at radius 3 is 2.56 bits per heavy atom. The fraction of sp³-hybridized carbons (Fsp3) is 0.571. The normalized spacial score (nSPS) is 12.5. The van der Waals surface area contributed by atoms with Crippen LogP contribution in [0.5, 0.6) is 5.75 Å². The summed E-state index contributed by atoms with van der Waals surface area (Å²) in [4.78, 5) is 0. The van der Waals surface area contributed by atoms with Crippen LogP contribution in [0, 0.1) is 6.92 Å². The van der Waals surface area contributed by atoms with Crippen molar-refractivity contribution in [2.45, 2.75) is 39.7 Å². The molecule has 0 aliphatic carbocycles. The average Bonchev–Trinajstić information content (AvgIpc) is 2.31. The zero-order valence-electron chi connectivity index (χ0n) is 10.8. The smallest absolute Gasteiger partial charge is 0.119 e. The molecule has 0 saturated heterocycles. The first kappa shape index (κ1) is 13.0. The highest BCUT2D eigenvalue weighted by Gasteiger charge is 2.11. The van der Waals surface area contributed by atoms with Crippen LogP contribution in [0.4, 0.5) is 0 Å². The maximum Gasteiger partial charge on any atom is 0.119 e. The van der Waals surface area contributed by atoms with Gasteiger partial charge in [-0.05, 0) is 49.6 Å². The lowest BCUT2D eigenvalue weighted by atomic mass is 9.99. The molecule has 0 spiro atoms. The number of benzene rings is 1. The Morgan fingerprint density at radius 1 is 1.31 bits per heavy atom. The average molecular weight is 221 g/mol. The van der Waals surface area contributed by atoms with Gasteiger partial charge in [-0.1, -0.05) is 19.9 Å². The highest BCUT2D eigenvalue weighted by molar-refractivity contribution is 5.36. The van der Waals surface area contributed by atoms with Gasteiger partial charge in [-0.15, -0.1) is 0 Å². The van der Waals surface area contributed by atoms with E-state index in [0.29, 0.717) is 6.04 Å². The Bertz CT molecular complexity index is 323. The standard InChI is InChI=1S/C14H23NO/c1-5-9-15-14(6-2)13-8-7-12(16-4)10-11(13)3/h7-8,10,14-15H,5-6,9H2,1-4H3. The lowest BCUT2D eigenvalue weighted by Crippen LogP contribution is -2.22. The number of nitrogens with one attached hydrogen (secondary N) is 1. The summed E-state index contributed by atoms with van der Waals surface area (Å²) in [6.07, 6.45) is 2.29. The SMILES string of the molecule is CCCNC(CC)c1ccc(OC)cc1C. The molecule has 0 aliphatic rings. The summed E-state index contributed by atoms with van der Waals surface area (Å²) in [7, 11) is 1.71. The van der Waals surface area contributed by atoms with Crippen LogP contribution in [0.2, 0.25) is 0 Å². The van der Waals surface area contributed by atoms with Crippen LogP contribution in [-0.2, 0) is 0 Å². The first-order valence-electron chi connectivity index (χ1n) is 6.10. The Hall–Kier alpha value is -1.02. The zero-order valence-corrected chi connectivity index (χ0v) is 10.8. The van der Waals surface area contributed by atoms with Gasteiger partial charge < -0.3 is 10.1 Å². The van der Waals surface area contributed by atoms with Gasteiger partial charge in [0.1, 0.15) is 5.75 Å². The van der Waals surface area contributed by atoms with Crippen molar-refractivity contribution < 1.29 is 4.74 Å². The minimum atomic E-state index is 0.464. The number of hydrogen-bond donors (Lipinski definition) is 1. The van der Waals surface area contributed by atoms with E-state index in [0.717, 1.165) is 18.7 Å². The molecule has 90 valence electrons. The molecule has 2 heteroatoms. The molecule has 16 heavy (non-hydrogen) atoms. The highest BCUT2D eigenvalue weighted by Crippen LogP contribution is 2.24. The van der Waals surface area contributed by atoms with E-state index in [1.807, 2.05) is 6.07 Å². The van der Waals surface area contributed by atoms with Gasteiger partial charge in [-0.2, -0.15) is 0 Å². The van der Waals surface area contributed by atoms with Gasteiger partial charge in [0.2, 0.25) is 0 Å². The molecule has 2 nitrogen and oxygen atoms in total. The predicted molar refractivity (Wildman–Crippen MR) is 69.1 cm³/mol. The molecular weight excluding hydrogens is 198 g/mol. The monoisotopic (exact) mass is 221 g/mol. The molecule has 0 radical (unpaired) electrons. The van der Waals surface area contributed by atoms with E-state index in [9.17, 15) is 0 Å². The van der Waals surface area contributed by atoms with Gasteiger partial charge in [0, 0.05) is 6.04 Å². The van der Waals surface area contributed by atoms with Gasteiger partial charge in [0.25, 0.3) is 0 Å². The second-order valence-corrected chi connectivity index (χ2v) is 4.14. The number of hydrogen-bond acceptors (Lipinski definition) is 2. The van der Waals surface area contributed by atoms with Gasteiger partial charge in [0.05, 0.1) is 7.11 Å². The minimum Gasteiger partial charge on any atom is -0.497 e. The third-order valence-electron chi connectivity index (χ3n) is 2.90. The van der Waals surface area contributed by atoms with Crippen molar-refractivity contribution in [3.8, 4) is 5.75 Å². The molecule has 1 rings (SSSR count). The Kier molecular flexibility index (Phi) is 5.33. The van der Waals surface area contributed by atoms with Gasteiger partial charge in [-0.3, -0.25) is 0 Å². The number of ether oxygens (including phenoxy) is 1. The van der Waals surface area contributed by atoms with Crippen molar-refractivity contribution in [2.24, 2.45) is 0 Å². The van der Waals surface area contributed by atoms with E-state index < -0.39 is 0 Å². The van der Waals surface area contributed by atoms with Gasteiger partial charge in [0.15, 0.2) is 0 Å². The summed E-state index contributed by atoms with van der Waals surface area (Å²) in [5, 5.41) is 3.57. The molecular formula is C14H23NO. The maximum atomic E-state index is 5.22. The summed E-state index contributed by atoms with van der Waals surface area (Å²) in [5.41, 5.74) is 2.69. The molecule has 0 aromatic heterocycles. The molecule has 1 unspecified atom stereocenters. The minimum absolute atomic E-state index is 0.464. The summed E-state index contributed by atoms with van der Waals surface area (Å²) in [5.74, 6) is 0.937. The van der Waals surface area contributed by atoms with E-state index in [-0.39, 0.29) is 0 Å². The summed E-state index contributed by atoms with van der Waals surface area (Å²) in [6, 6.07) is 6.78. The number of aryl methyl sites for hydroxylation is 1. The lowest BCUT2D eigenvalue weighted by molar-refractivity contribution is 0.413. The summed E-state index contributed by atoms with van der Waals surface area (Å²) >= 11 is 0. The van der Waals surface area contributed by atoms with Crippen molar-refractivity contribution in [1.82, 2.24) is 5.32 Å². The van der Waals surface area contributed by atoms with Crippen molar-refractivity contribution in [2.75, 3.05) is 13.7 Å². The molecule has 0 aliphatic heterocycles. The largest absolute Gasteiger partial charge is 0.497 e. The van der Waals surface area contributed by atoms with Crippen molar-refractivity contribution in [3.05, 3.63) is 29.3 Å². The van der Waals surface area contributed by atoms with Crippen LogP contribution in [0.3, 0.4) is 0 Å². The van der Waals surface area contributed by atoms with Gasteiger partial charge >= 0.3 is 0 Å². The Morgan fingerprint density at radius 2 is 2.06 bits per heavy atom. The second kappa shape index (κ2) is 6.54. The van der Waals surface area contributed by atoms with Crippen molar-refractivity contribution >= 4 is 0 Å². The van der Waals surface area contributed by atoms with Gasteiger partial charge in [-0.25, -0.2) is 0 Å². The summed E-state index contributed by atoms with van der Waals surface area (Å²) in [6.45, 7) is 7.63. The quantitative estimate of drug-likeness (QED) is 0.794. The Labute approximate surface area is 99.0 Å². The van der Waals surface area contributed by atoms with E-state index in [2.05, 4.69) is 38.2 Å². The second-order valence-electron chi connectivity index (χ2n) is 4.14. The maximum absolute atomic E-state index is 5.22. The number of rotatable bonds is 6. The van der Waals surface area contributed by atoms with Crippen LogP contribution >= 0.6 is 0 Å². The van der Waals surface area contributed by atoms with Crippen molar-refractivity contribution in [1.29, 1.82) is 0 Å². The first-order chi connectivity index (χ1) is 7.72. The third kappa shape index (κ3) is 3.24. The van der Waals surface area contributed by atoms with E-state index >= 15 is 0 Å². The topological polar surface area (TPSA) is 21.3 Å². The van der Waals surface area contributed by atoms with Crippen LogP contribution in [-0.4, -0.2) is 13.7 Å². The molecule has 0 amide bonds. The molecule has 1 atom stereocenters. The molecule has 0 fully saturated rings. The Balaban J connectivity index is 2.83. The highest BCUT2D eigenvalue weighted by atomic mass is 16.5. The zero-order chi connectivity index (χ0) is 12.0. The predicted octanol–water partition coefficient (Wildman–Crippen LogP) is 3.45. The molecule has 1 aromatic rings. The van der Waals surface area contributed by atoms with Crippen LogP contribution in [0.25, 0.3) is 0 Å². The fourth-order valence-corrected chi connectivity index (χ4v) is 1.96. The van der Waals surface area contributed by atoms with Crippen LogP contribution in [0.15, 0.2) is 18.2 Å². The lowest BCUT2D eigenvalue weighted by Gasteiger charge is -2.19. The summed E-state index contributed by atoms with van der Waals surface area (Å²) < 4.78 is 5.22. The van der Waals surface area contributed by atoms with Crippen LogP contribution in [0.1, 0.15) is 43.9 Å². The van der Waals surface area contributed by atoms with E-state index in [1.165, 1.54) is 17.5 Å². The fourth-order valence-electron chi connectivity index (χ4n) is 1.96.